The first kappa shape index (κ1) is 10.9. The van der Waals surface area contributed by atoms with Gasteiger partial charge in [0.2, 0.25) is 0 Å². The normalized spacial score (nSPS) is 12.4. The van der Waals surface area contributed by atoms with Crippen molar-refractivity contribution in [3.63, 3.8) is 0 Å². The molecular formula is C11H14FNO. The third-order valence-corrected chi connectivity index (χ3v) is 2.08. The number of carbonyl (C=O) groups excluding carboxylic acids is 1. The zero-order valence-corrected chi connectivity index (χ0v) is 8.16. The van der Waals surface area contributed by atoms with Gasteiger partial charge in [-0.15, -0.1) is 0 Å². The molecule has 0 aromatic heterocycles. The van der Waals surface area contributed by atoms with Crippen molar-refractivity contribution < 1.29 is 9.18 Å². The third-order valence-electron chi connectivity index (χ3n) is 2.08. The van der Waals surface area contributed by atoms with Crippen molar-refractivity contribution in [1.29, 1.82) is 0 Å². The number of halogens is 1. The van der Waals surface area contributed by atoms with Crippen LogP contribution in [0.1, 0.15) is 18.4 Å². The van der Waals surface area contributed by atoms with Gasteiger partial charge in [-0.2, -0.15) is 0 Å². The Morgan fingerprint density at radius 2 is 2.07 bits per heavy atom. The van der Waals surface area contributed by atoms with Crippen molar-refractivity contribution in [2.24, 2.45) is 0 Å². The van der Waals surface area contributed by atoms with Crippen molar-refractivity contribution in [2.75, 3.05) is 13.1 Å². The molecule has 1 rings (SSSR count). The first-order valence-electron chi connectivity index (χ1n) is 4.69. The molecule has 2 nitrogen and oxygen atoms in total. The van der Waals surface area contributed by atoms with Crippen LogP contribution in [0.2, 0.25) is 0 Å². The van der Waals surface area contributed by atoms with Gasteiger partial charge in [-0.25, -0.2) is 4.39 Å². The topological polar surface area (TPSA) is 29.1 Å². The van der Waals surface area contributed by atoms with Crippen molar-refractivity contribution in [3.05, 3.63) is 35.6 Å². The molecule has 0 aliphatic rings. The van der Waals surface area contributed by atoms with Crippen LogP contribution in [0.4, 0.5) is 4.39 Å². The Labute approximate surface area is 83.1 Å². The van der Waals surface area contributed by atoms with Gasteiger partial charge >= 0.3 is 0 Å². The summed E-state index contributed by atoms with van der Waals surface area (Å²) in [4.78, 5) is 10.8. The zero-order chi connectivity index (χ0) is 10.4. The lowest BCUT2D eigenvalue weighted by molar-refractivity contribution is -0.109. The Bertz CT molecular complexity index is 284. The molecule has 3 heteroatoms. The fraction of sp³-hybridized carbons (Fsp3) is 0.364. The van der Waals surface area contributed by atoms with Crippen molar-refractivity contribution in [3.8, 4) is 0 Å². The summed E-state index contributed by atoms with van der Waals surface area (Å²) in [5.41, 5.74) is 0.849. The molecule has 0 saturated carbocycles. The minimum Gasteiger partial charge on any atom is -0.316 e. The maximum atomic E-state index is 12.6. The highest BCUT2D eigenvalue weighted by molar-refractivity contribution is 5.62. The van der Waals surface area contributed by atoms with Gasteiger partial charge in [-0.1, -0.05) is 19.1 Å². The standard InChI is InChI=1S/C11H14FNO/c1-2-13-7-10(8-14)9-3-5-11(12)6-4-9/h3-6,8,10,13H,2,7H2,1H3. The predicted molar refractivity (Wildman–Crippen MR) is 53.7 cm³/mol. The van der Waals surface area contributed by atoms with Crippen LogP contribution in [0.3, 0.4) is 0 Å². The van der Waals surface area contributed by atoms with E-state index < -0.39 is 0 Å². The van der Waals surface area contributed by atoms with E-state index >= 15 is 0 Å². The van der Waals surface area contributed by atoms with E-state index in [2.05, 4.69) is 5.32 Å². The van der Waals surface area contributed by atoms with E-state index in [9.17, 15) is 9.18 Å². The summed E-state index contributed by atoms with van der Waals surface area (Å²) in [5.74, 6) is -0.461. The van der Waals surface area contributed by atoms with Crippen LogP contribution in [-0.4, -0.2) is 19.4 Å². The second-order valence-corrected chi connectivity index (χ2v) is 3.10. The van der Waals surface area contributed by atoms with E-state index in [1.807, 2.05) is 6.92 Å². The molecule has 1 aromatic rings. The average Bonchev–Trinajstić information content (AvgIpc) is 2.21. The van der Waals surface area contributed by atoms with E-state index in [1.165, 1.54) is 12.1 Å². The minimum absolute atomic E-state index is 0.185. The summed E-state index contributed by atoms with van der Waals surface area (Å²) in [7, 11) is 0. The largest absolute Gasteiger partial charge is 0.316 e. The highest BCUT2D eigenvalue weighted by Crippen LogP contribution is 2.13. The highest BCUT2D eigenvalue weighted by Gasteiger charge is 2.08. The smallest absolute Gasteiger partial charge is 0.128 e. The summed E-state index contributed by atoms with van der Waals surface area (Å²) in [5, 5.41) is 3.09. The van der Waals surface area contributed by atoms with Crippen LogP contribution < -0.4 is 5.32 Å². The van der Waals surface area contributed by atoms with Gasteiger partial charge in [0.25, 0.3) is 0 Å². The molecule has 0 aliphatic carbocycles. The van der Waals surface area contributed by atoms with Gasteiger partial charge in [0.15, 0.2) is 0 Å². The van der Waals surface area contributed by atoms with Crippen LogP contribution in [0, 0.1) is 5.82 Å². The Hall–Kier alpha value is -1.22. The van der Waals surface area contributed by atoms with Crippen molar-refractivity contribution in [2.45, 2.75) is 12.8 Å². The first-order chi connectivity index (χ1) is 6.77. The number of nitrogens with one attached hydrogen (secondary N) is 1. The molecule has 1 aromatic carbocycles. The van der Waals surface area contributed by atoms with E-state index in [0.29, 0.717) is 6.54 Å². The Morgan fingerprint density at radius 1 is 1.43 bits per heavy atom. The fourth-order valence-electron chi connectivity index (χ4n) is 1.25. The van der Waals surface area contributed by atoms with Gasteiger partial charge < -0.3 is 10.1 Å². The quantitative estimate of drug-likeness (QED) is 0.725. The van der Waals surface area contributed by atoms with Gasteiger partial charge in [0, 0.05) is 6.54 Å². The molecule has 0 heterocycles. The Balaban J connectivity index is 2.68. The van der Waals surface area contributed by atoms with Gasteiger partial charge in [0.05, 0.1) is 5.92 Å². The molecule has 0 fully saturated rings. The average molecular weight is 195 g/mol. The summed E-state index contributed by atoms with van der Waals surface area (Å²) in [6, 6.07) is 6.03. The number of aldehydes is 1. The van der Waals surface area contributed by atoms with E-state index in [0.717, 1.165) is 18.4 Å². The molecule has 0 saturated heterocycles. The Morgan fingerprint density at radius 3 is 2.57 bits per heavy atom. The lowest BCUT2D eigenvalue weighted by atomic mass is 10.0. The molecule has 0 radical (unpaired) electrons. The predicted octanol–water partition coefficient (Wildman–Crippen LogP) is 1.72. The number of benzene rings is 1. The second kappa shape index (κ2) is 5.50. The van der Waals surface area contributed by atoms with E-state index in [1.54, 1.807) is 12.1 Å². The number of rotatable bonds is 5. The molecule has 0 bridgehead atoms. The van der Waals surface area contributed by atoms with Gasteiger partial charge in [0.1, 0.15) is 12.1 Å². The number of hydrogen-bond acceptors (Lipinski definition) is 2. The van der Waals surface area contributed by atoms with Gasteiger partial charge in [-0.05, 0) is 24.2 Å². The van der Waals surface area contributed by atoms with E-state index in [-0.39, 0.29) is 11.7 Å². The van der Waals surface area contributed by atoms with Crippen LogP contribution in [-0.2, 0) is 4.79 Å². The molecule has 0 spiro atoms. The summed E-state index contributed by atoms with van der Waals surface area (Å²) in [6.07, 6.45) is 0.885. The molecule has 1 N–H and O–H groups in total. The molecule has 76 valence electrons. The molecular weight excluding hydrogens is 181 g/mol. The highest BCUT2D eigenvalue weighted by atomic mass is 19.1. The molecule has 1 unspecified atom stereocenters. The van der Waals surface area contributed by atoms with Crippen molar-refractivity contribution >= 4 is 6.29 Å². The summed E-state index contributed by atoms with van der Waals surface area (Å²) < 4.78 is 12.6. The van der Waals surface area contributed by atoms with E-state index in [4.69, 9.17) is 0 Å². The van der Waals surface area contributed by atoms with Crippen LogP contribution in [0.15, 0.2) is 24.3 Å². The lowest BCUT2D eigenvalue weighted by Gasteiger charge is -2.10. The fourth-order valence-corrected chi connectivity index (χ4v) is 1.25. The lowest BCUT2D eigenvalue weighted by Crippen LogP contribution is -2.21. The van der Waals surface area contributed by atoms with Crippen LogP contribution in [0.5, 0.6) is 0 Å². The number of likely N-dealkylation sites (N-methyl/N-ethyl adjacent to an activating group) is 1. The molecule has 14 heavy (non-hydrogen) atoms. The first-order valence-corrected chi connectivity index (χ1v) is 4.69. The maximum absolute atomic E-state index is 12.6. The van der Waals surface area contributed by atoms with Gasteiger partial charge in [-0.3, -0.25) is 0 Å². The molecule has 0 aliphatic heterocycles. The number of hydrogen-bond donors (Lipinski definition) is 1. The second-order valence-electron chi connectivity index (χ2n) is 3.10. The van der Waals surface area contributed by atoms with Crippen LogP contribution in [0.25, 0.3) is 0 Å². The zero-order valence-electron chi connectivity index (χ0n) is 8.16. The summed E-state index contributed by atoms with van der Waals surface area (Å²) >= 11 is 0. The molecule has 1 atom stereocenters. The minimum atomic E-state index is -0.276. The SMILES string of the molecule is CCNCC(C=O)c1ccc(F)cc1. The molecule has 0 amide bonds. The number of carbonyl (C=O) groups is 1. The monoisotopic (exact) mass is 195 g/mol. The third kappa shape index (κ3) is 2.92. The maximum Gasteiger partial charge on any atom is 0.128 e. The summed E-state index contributed by atoms with van der Waals surface area (Å²) in [6.45, 7) is 3.41. The Kier molecular flexibility index (Phi) is 4.26. The van der Waals surface area contributed by atoms with Crippen LogP contribution >= 0.6 is 0 Å². The van der Waals surface area contributed by atoms with Crippen molar-refractivity contribution in [1.82, 2.24) is 5.32 Å².